The van der Waals surface area contributed by atoms with Crippen LogP contribution in [0, 0.1) is 0 Å². The number of carbonyl (C=O) groups is 1. The number of hydrogen-bond acceptors (Lipinski definition) is 3. The summed E-state index contributed by atoms with van der Waals surface area (Å²) in [5.74, 6) is -0.00285. The lowest BCUT2D eigenvalue weighted by atomic mass is 10.1. The van der Waals surface area contributed by atoms with Crippen molar-refractivity contribution in [3.05, 3.63) is 59.1 Å². The van der Waals surface area contributed by atoms with Gasteiger partial charge in [-0.1, -0.05) is 42.8 Å². The molecule has 2 aromatic rings. The van der Waals surface area contributed by atoms with E-state index in [1.807, 2.05) is 36.4 Å². The molecule has 4 rings (SSSR count). The number of carbonyl (C=O) groups excluding carboxylic acids is 1. The normalized spacial score (nSPS) is 16.6. The minimum Gasteiger partial charge on any atom is -0.355 e. The van der Waals surface area contributed by atoms with Gasteiger partial charge in [-0.05, 0) is 49.2 Å². The first kappa shape index (κ1) is 16.6. The second kappa shape index (κ2) is 6.77. The van der Waals surface area contributed by atoms with E-state index in [9.17, 15) is 4.79 Å². The molecule has 1 saturated carbocycles. The minimum atomic E-state index is -0.00285. The Balaban J connectivity index is 1.61. The van der Waals surface area contributed by atoms with Gasteiger partial charge in [-0.15, -0.1) is 0 Å². The van der Waals surface area contributed by atoms with Gasteiger partial charge in [0.05, 0.1) is 5.69 Å². The van der Waals surface area contributed by atoms with E-state index in [4.69, 9.17) is 11.6 Å². The summed E-state index contributed by atoms with van der Waals surface area (Å²) >= 11 is 7.78. The molecule has 1 amide bonds. The molecule has 2 aliphatic rings. The van der Waals surface area contributed by atoms with Crippen LogP contribution < -0.4 is 10.6 Å². The van der Waals surface area contributed by atoms with Crippen molar-refractivity contribution in [2.45, 2.75) is 41.5 Å². The Labute approximate surface area is 156 Å². The van der Waals surface area contributed by atoms with Crippen LogP contribution in [-0.4, -0.2) is 11.9 Å². The molecule has 0 bridgehead atoms. The molecule has 0 radical (unpaired) electrons. The summed E-state index contributed by atoms with van der Waals surface area (Å²) in [6.45, 7) is 4.13. The molecule has 0 atom stereocenters. The Morgan fingerprint density at radius 3 is 2.72 bits per heavy atom. The predicted molar refractivity (Wildman–Crippen MR) is 104 cm³/mol. The van der Waals surface area contributed by atoms with E-state index in [0.29, 0.717) is 16.6 Å². The van der Waals surface area contributed by atoms with Crippen molar-refractivity contribution in [2.24, 2.45) is 0 Å². The monoisotopic (exact) mass is 370 g/mol. The van der Waals surface area contributed by atoms with Crippen LogP contribution in [0.5, 0.6) is 0 Å². The van der Waals surface area contributed by atoms with Crippen LogP contribution in [0.2, 0.25) is 5.02 Å². The third kappa shape index (κ3) is 3.42. The first-order valence-corrected chi connectivity index (χ1v) is 9.68. The fourth-order valence-electron chi connectivity index (χ4n) is 3.37. The largest absolute Gasteiger partial charge is 0.355 e. The first-order valence-electron chi connectivity index (χ1n) is 8.49. The molecular formula is C20H19ClN2OS. The van der Waals surface area contributed by atoms with Crippen molar-refractivity contribution in [3.8, 4) is 0 Å². The van der Waals surface area contributed by atoms with Crippen molar-refractivity contribution in [1.29, 1.82) is 0 Å². The molecule has 25 heavy (non-hydrogen) atoms. The van der Waals surface area contributed by atoms with Gasteiger partial charge in [0.1, 0.15) is 0 Å². The number of benzene rings is 2. The molecule has 1 heterocycles. The van der Waals surface area contributed by atoms with E-state index in [-0.39, 0.29) is 5.91 Å². The molecule has 128 valence electrons. The maximum Gasteiger partial charge on any atom is 0.251 e. The highest BCUT2D eigenvalue weighted by Gasteiger charge is 2.21. The van der Waals surface area contributed by atoms with Crippen molar-refractivity contribution < 1.29 is 4.79 Å². The number of amides is 1. The lowest BCUT2D eigenvalue weighted by molar-refractivity contribution is 0.0938. The smallest absolute Gasteiger partial charge is 0.251 e. The van der Waals surface area contributed by atoms with Gasteiger partial charge >= 0.3 is 0 Å². The standard InChI is InChI=1S/C20H19ClN2OS/c1-12-16-11-14(21)7-9-18(16)25-19-8-6-13(10-17(19)22-12)20(24)23-15-4-2-3-5-15/h6-11,15,22H,1-5H2,(H,23,24). The van der Waals surface area contributed by atoms with Crippen molar-refractivity contribution >= 4 is 40.7 Å². The van der Waals surface area contributed by atoms with E-state index in [1.165, 1.54) is 12.8 Å². The third-order valence-electron chi connectivity index (χ3n) is 4.70. The van der Waals surface area contributed by atoms with E-state index >= 15 is 0 Å². The SMILES string of the molecule is C=C1Nc2cc(C(=O)NC3CCCC3)ccc2Sc2ccc(Cl)cc21. The van der Waals surface area contributed by atoms with Crippen molar-refractivity contribution in [3.63, 3.8) is 0 Å². The lowest BCUT2D eigenvalue weighted by Gasteiger charge is -2.14. The Morgan fingerprint density at radius 1 is 1.16 bits per heavy atom. The number of nitrogens with one attached hydrogen (secondary N) is 2. The third-order valence-corrected chi connectivity index (χ3v) is 6.09. The second-order valence-electron chi connectivity index (χ2n) is 6.51. The lowest BCUT2D eigenvalue weighted by Crippen LogP contribution is -2.32. The van der Waals surface area contributed by atoms with Crippen LogP contribution in [0.3, 0.4) is 0 Å². The molecule has 2 aromatic carbocycles. The van der Waals surface area contributed by atoms with Crippen LogP contribution in [0.1, 0.15) is 41.6 Å². The Bertz CT molecular complexity index is 859. The zero-order chi connectivity index (χ0) is 17.4. The van der Waals surface area contributed by atoms with Crippen LogP contribution in [0.4, 0.5) is 5.69 Å². The van der Waals surface area contributed by atoms with Crippen LogP contribution in [0.15, 0.2) is 52.8 Å². The maximum atomic E-state index is 12.5. The molecule has 0 aromatic heterocycles. The Morgan fingerprint density at radius 2 is 1.92 bits per heavy atom. The molecule has 3 nitrogen and oxygen atoms in total. The molecule has 0 spiro atoms. The molecular weight excluding hydrogens is 352 g/mol. The number of rotatable bonds is 2. The van der Waals surface area contributed by atoms with Gasteiger partial charge in [0, 0.05) is 37.7 Å². The molecule has 0 saturated heterocycles. The minimum absolute atomic E-state index is 0.00285. The maximum absolute atomic E-state index is 12.5. The summed E-state index contributed by atoms with van der Waals surface area (Å²) in [4.78, 5) is 14.7. The molecule has 5 heteroatoms. The Hall–Kier alpha value is -1.91. The Kier molecular flexibility index (Phi) is 4.48. The van der Waals surface area contributed by atoms with Crippen LogP contribution >= 0.6 is 23.4 Å². The highest BCUT2D eigenvalue weighted by molar-refractivity contribution is 7.99. The number of hydrogen-bond donors (Lipinski definition) is 2. The van der Waals surface area contributed by atoms with E-state index in [1.54, 1.807) is 11.8 Å². The van der Waals surface area contributed by atoms with Gasteiger partial charge in [-0.2, -0.15) is 0 Å². The van der Waals surface area contributed by atoms with Gasteiger partial charge < -0.3 is 10.6 Å². The quantitative estimate of drug-likeness (QED) is 0.727. The fraction of sp³-hybridized carbons (Fsp3) is 0.250. The molecule has 2 N–H and O–H groups in total. The summed E-state index contributed by atoms with van der Waals surface area (Å²) in [6, 6.07) is 11.9. The second-order valence-corrected chi connectivity index (χ2v) is 8.03. The first-order chi connectivity index (χ1) is 12.1. The van der Waals surface area contributed by atoms with Gasteiger partial charge in [0.2, 0.25) is 0 Å². The summed E-state index contributed by atoms with van der Waals surface area (Å²) in [6.07, 6.45) is 4.57. The van der Waals surface area contributed by atoms with Crippen LogP contribution in [-0.2, 0) is 0 Å². The number of fused-ring (bicyclic) bond motifs is 2. The molecule has 1 fully saturated rings. The van der Waals surface area contributed by atoms with Gasteiger partial charge in [-0.3, -0.25) is 4.79 Å². The highest BCUT2D eigenvalue weighted by atomic mass is 35.5. The van der Waals surface area contributed by atoms with E-state index < -0.39 is 0 Å². The number of anilines is 1. The average Bonchev–Trinajstić information content (AvgIpc) is 3.05. The van der Waals surface area contributed by atoms with Crippen molar-refractivity contribution in [1.82, 2.24) is 5.32 Å². The van der Waals surface area contributed by atoms with Gasteiger partial charge in [0.15, 0.2) is 0 Å². The highest BCUT2D eigenvalue weighted by Crippen LogP contribution is 2.42. The topological polar surface area (TPSA) is 41.1 Å². The molecule has 1 aliphatic carbocycles. The van der Waals surface area contributed by atoms with E-state index in [0.717, 1.165) is 39.6 Å². The van der Waals surface area contributed by atoms with E-state index in [2.05, 4.69) is 17.2 Å². The number of halogens is 1. The predicted octanol–water partition coefficient (Wildman–Crippen LogP) is 5.56. The molecule has 0 unspecified atom stereocenters. The summed E-state index contributed by atoms with van der Waals surface area (Å²) in [5.41, 5.74) is 3.36. The zero-order valence-corrected chi connectivity index (χ0v) is 15.3. The van der Waals surface area contributed by atoms with Crippen LogP contribution in [0.25, 0.3) is 5.70 Å². The zero-order valence-electron chi connectivity index (χ0n) is 13.8. The van der Waals surface area contributed by atoms with Gasteiger partial charge in [-0.25, -0.2) is 0 Å². The molecule has 1 aliphatic heterocycles. The van der Waals surface area contributed by atoms with Gasteiger partial charge in [0.25, 0.3) is 5.91 Å². The van der Waals surface area contributed by atoms with Crippen molar-refractivity contribution in [2.75, 3.05) is 5.32 Å². The fourth-order valence-corrected chi connectivity index (χ4v) is 4.57. The average molecular weight is 371 g/mol. The summed E-state index contributed by atoms with van der Waals surface area (Å²) in [7, 11) is 0. The summed E-state index contributed by atoms with van der Waals surface area (Å²) < 4.78 is 0. The summed E-state index contributed by atoms with van der Waals surface area (Å²) in [5, 5.41) is 7.17.